The van der Waals surface area contributed by atoms with Crippen molar-refractivity contribution in [1.29, 1.82) is 0 Å². The minimum Gasteiger partial charge on any atom is -0.453 e. The number of benzene rings is 1. The third-order valence-electron chi connectivity index (χ3n) is 2.56. The number of halogens is 1. The van der Waals surface area contributed by atoms with E-state index in [0.717, 1.165) is 12.0 Å². The molecule has 1 heterocycles. The van der Waals surface area contributed by atoms with E-state index in [1.807, 2.05) is 30.3 Å². The SMILES string of the molecule is O=C1CC[C@@](CBr)(c2ccccc2)O1. The minimum absolute atomic E-state index is 0.103. The van der Waals surface area contributed by atoms with Gasteiger partial charge in [-0.25, -0.2) is 0 Å². The maximum atomic E-state index is 11.1. The Labute approximate surface area is 91.4 Å². The minimum atomic E-state index is -0.432. The zero-order chi connectivity index (χ0) is 10.0. The van der Waals surface area contributed by atoms with Crippen molar-refractivity contribution in [3.63, 3.8) is 0 Å². The molecule has 1 aromatic carbocycles. The number of rotatable bonds is 2. The number of alkyl halides is 1. The molecular weight excluding hydrogens is 244 g/mol. The van der Waals surface area contributed by atoms with Gasteiger partial charge in [0, 0.05) is 18.2 Å². The van der Waals surface area contributed by atoms with E-state index in [1.165, 1.54) is 0 Å². The monoisotopic (exact) mass is 254 g/mol. The number of esters is 1. The molecule has 0 spiro atoms. The predicted octanol–water partition coefficient (Wildman–Crippen LogP) is 2.61. The molecular formula is C11H11BrO2. The van der Waals surface area contributed by atoms with Gasteiger partial charge in [-0.15, -0.1) is 0 Å². The highest BCUT2D eigenvalue weighted by Gasteiger charge is 2.40. The van der Waals surface area contributed by atoms with Crippen molar-refractivity contribution in [1.82, 2.24) is 0 Å². The molecule has 3 heteroatoms. The first kappa shape index (κ1) is 9.71. The molecule has 74 valence electrons. The number of cyclic esters (lactones) is 1. The maximum Gasteiger partial charge on any atom is 0.306 e. The third-order valence-corrected chi connectivity index (χ3v) is 3.46. The van der Waals surface area contributed by atoms with Crippen molar-refractivity contribution in [2.24, 2.45) is 0 Å². The quantitative estimate of drug-likeness (QED) is 0.599. The first-order valence-corrected chi connectivity index (χ1v) is 5.72. The largest absolute Gasteiger partial charge is 0.453 e. The van der Waals surface area contributed by atoms with Crippen molar-refractivity contribution in [2.75, 3.05) is 5.33 Å². The fourth-order valence-electron chi connectivity index (χ4n) is 1.74. The lowest BCUT2D eigenvalue weighted by molar-refractivity contribution is -0.147. The van der Waals surface area contributed by atoms with Gasteiger partial charge in [-0.2, -0.15) is 0 Å². The average molecular weight is 255 g/mol. The smallest absolute Gasteiger partial charge is 0.306 e. The normalized spacial score (nSPS) is 26.2. The van der Waals surface area contributed by atoms with Crippen LogP contribution >= 0.6 is 15.9 Å². The molecule has 1 atom stereocenters. The topological polar surface area (TPSA) is 26.3 Å². The highest BCUT2D eigenvalue weighted by Crippen LogP contribution is 2.38. The van der Waals surface area contributed by atoms with Gasteiger partial charge in [0.15, 0.2) is 0 Å². The maximum absolute atomic E-state index is 11.1. The molecule has 0 aromatic heterocycles. The molecule has 0 radical (unpaired) electrons. The molecule has 1 saturated heterocycles. The Morgan fingerprint density at radius 1 is 1.36 bits per heavy atom. The van der Waals surface area contributed by atoms with E-state index < -0.39 is 5.60 Å². The average Bonchev–Trinajstić information content (AvgIpc) is 2.63. The molecule has 1 fully saturated rings. The van der Waals surface area contributed by atoms with Crippen LogP contribution in [0.15, 0.2) is 30.3 Å². The van der Waals surface area contributed by atoms with Crippen LogP contribution in [0.1, 0.15) is 18.4 Å². The summed E-state index contributed by atoms with van der Waals surface area (Å²) in [6, 6.07) is 9.89. The molecule has 1 aliphatic heterocycles. The van der Waals surface area contributed by atoms with E-state index in [2.05, 4.69) is 15.9 Å². The number of carbonyl (C=O) groups is 1. The predicted molar refractivity (Wildman–Crippen MR) is 57.2 cm³/mol. The van der Waals surface area contributed by atoms with Crippen LogP contribution < -0.4 is 0 Å². The fourth-order valence-corrected chi connectivity index (χ4v) is 2.46. The van der Waals surface area contributed by atoms with Crippen LogP contribution in [0.4, 0.5) is 0 Å². The van der Waals surface area contributed by atoms with Crippen molar-refractivity contribution < 1.29 is 9.53 Å². The standard InChI is InChI=1S/C11H11BrO2/c12-8-11(7-6-10(13)14-11)9-4-2-1-3-5-9/h1-5H,6-8H2/t11-/m1/s1. The van der Waals surface area contributed by atoms with E-state index in [-0.39, 0.29) is 5.97 Å². The number of carbonyl (C=O) groups excluding carboxylic acids is 1. The molecule has 0 saturated carbocycles. The van der Waals surface area contributed by atoms with Gasteiger partial charge in [0.2, 0.25) is 0 Å². The Balaban J connectivity index is 2.34. The van der Waals surface area contributed by atoms with Gasteiger partial charge in [0.25, 0.3) is 0 Å². The van der Waals surface area contributed by atoms with Gasteiger partial charge in [-0.1, -0.05) is 46.3 Å². The Morgan fingerprint density at radius 3 is 2.57 bits per heavy atom. The molecule has 0 amide bonds. The Bertz CT molecular complexity index is 336. The lowest BCUT2D eigenvalue weighted by Gasteiger charge is -2.25. The summed E-state index contributed by atoms with van der Waals surface area (Å²) >= 11 is 3.42. The highest BCUT2D eigenvalue weighted by atomic mass is 79.9. The van der Waals surface area contributed by atoms with Crippen LogP contribution in [0.5, 0.6) is 0 Å². The van der Waals surface area contributed by atoms with Gasteiger partial charge in [-0.3, -0.25) is 4.79 Å². The first-order chi connectivity index (χ1) is 6.77. The van der Waals surface area contributed by atoms with Crippen LogP contribution in [0, 0.1) is 0 Å². The molecule has 2 nitrogen and oxygen atoms in total. The molecule has 0 bridgehead atoms. The number of ether oxygens (including phenoxy) is 1. The number of hydrogen-bond acceptors (Lipinski definition) is 2. The number of hydrogen-bond donors (Lipinski definition) is 0. The molecule has 1 aromatic rings. The van der Waals surface area contributed by atoms with Crippen LogP contribution in [0.25, 0.3) is 0 Å². The second-order valence-electron chi connectivity index (χ2n) is 3.47. The molecule has 0 aliphatic carbocycles. The van der Waals surface area contributed by atoms with Crippen molar-refractivity contribution in [3.05, 3.63) is 35.9 Å². The Morgan fingerprint density at radius 2 is 2.07 bits per heavy atom. The second-order valence-corrected chi connectivity index (χ2v) is 4.03. The third kappa shape index (κ3) is 1.57. The van der Waals surface area contributed by atoms with Crippen molar-refractivity contribution in [3.8, 4) is 0 Å². The summed E-state index contributed by atoms with van der Waals surface area (Å²) in [5, 5.41) is 0.662. The Hall–Kier alpha value is -0.830. The van der Waals surface area contributed by atoms with E-state index in [9.17, 15) is 4.79 Å². The summed E-state index contributed by atoms with van der Waals surface area (Å²) in [6.45, 7) is 0. The lowest BCUT2D eigenvalue weighted by Crippen LogP contribution is -2.27. The zero-order valence-corrected chi connectivity index (χ0v) is 9.29. The molecule has 1 aliphatic rings. The van der Waals surface area contributed by atoms with Gasteiger partial charge < -0.3 is 4.74 Å². The van der Waals surface area contributed by atoms with Crippen molar-refractivity contribution in [2.45, 2.75) is 18.4 Å². The van der Waals surface area contributed by atoms with Crippen LogP contribution in [0.2, 0.25) is 0 Å². The second kappa shape index (κ2) is 3.73. The summed E-state index contributed by atoms with van der Waals surface area (Å²) in [4.78, 5) is 11.1. The van der Waals surface area contributed by atoms with Crippen LogP contribution in [-0.4, -0.2) is 11.3 Å². The lowest BCUT2D eigenvalue weighted by atomic mass is 9.93. The van der Waals surface area contributed by atoms with Gasteiger partial charge in [-0.05, 0) is 5.56 Å². The molecule has 0 unspecified atom stereocenters. The molecule has 2 rings (SSSR count). The fraction of sp³-hybridized carbons (Fsp3) is 0.364. The molecule has 14 heavy (non-hydrogen) atoms. The van der Waals surface area contributed by atoms with E-state index >= 15 is 0 Å². The molecule has 0 N–H and O–H groups in total. The van der Waals surface area contributed by atoms with Gasteiger partial charge >= 0.3 is 5.97 Å². The summed E-state index contributed by atoms with van der Waals surface area (Å²) in [6.07, 6.45) is 1.28. The summed E-state index contributed by atoms with van der Waals surface area (Å²) in [5.74, 6) is -0.103. The Kier molecular flexibility index (Phi) is 2.59. The van der Waals surface area contributed by atoms with Crippen molar-refractivity contribution >= 4 is 21.9 Å². The highest BCUT2D eigenvalue weighted by molar-refractivity contribution is 9.09. The van der Waals surface area contributed by atoms with Crippen LogP contribution in [-0.2, 0) is 15.1 Å². The van der Waals surface area contributed by atoms with E-state index in [0.29, 0.717) is 11.8 Å². The summed E-state index contributed by atoms with van der Waals surface area (Å²) in [5.41, 5.74) is 0.640. The first-order valence-electron chi connectivity index (χ1n) is 4.60. The zero-order valence-electron chi connectivity index (χ0n) is 7.70. The van der Waals surface area contributed by atoms with E-state index in [1.54, 1.807) is 0 Å². The van der Waals surface area contributed by atoms with Crippen LogP contribution in [0.3, 0.4) is 0 Å². The van der Waals surface area contributed by atoms with Gasteiger partial charge in [0.1, 0.15) is 5.60 Å². The van der Waals surface area contributed by atoms with Gasteiger partial charge in [0.05, 0.1) is 0 Å². The van der Waals surface area contributed by atoms with E-state index in [4.69, 9.17) is 4.74 Å². The summed E-state index contributed by atoms with van der Waals surface area (Å²) < 4.78 is 5.40. The summed E-state index contributed by atoms with van der Waals surface area (Å²) in [7, 11) is 0.